The van der Waals surface area contributed by atoms with E-state index in [0.29, 0.717) is 28.9 Å². The summed E-state index contributed by atoms with van der Waals surface area (Å²) in [6, 6.07) is 13.5. The summed E-state index contributed by atoms with van der Waals surface area (Å²) >= 11 is 12.4. The van der Waals surface area contributed by atoms with E-state index in [1.165, 1.54) is 0 Å². The first-order valence-electron chi connectivity index (χ1n) is 9.27. The quantitative estimate of drug-likeness (QED) is 0.619. The molecule has 1 amide bonds. The lowest BCUT2D eigenvalue weighted by molar-refractivity contribution is -0.124. The second kappa shape index (κ2) is 7.53. The van der Waals surface area contributed by atoms with E-state index in [0.717, 1.165) is 35.3 Å². The van der Waals surface area contributed by atoms with Crippen LogP contribution in [0.25, 0.3) is 11.0 Å². The Morgan fingerprint density at radius 3 is 2.74 bits per heavy atom. The van der Waals surface area contributed by atoms with Gasteiger partial charge >= 0.3 is 0 Å². The molecule has 1 heterocycles. The van der Waals surface area contributed by atoms with Crippen LogP contribution in [0.1, 0.15) is 43.6 Å². The number of rotatable bonds is 6. The van der Waals surface area contributed by atoms with E-state index in [2.05, 4.69) is 9.88 Å². The number of imidazole rings is 1. The second-order valence-corrected chi connectivity index (χ2v) is 7.85. The lowest BCUT2D eigenvalue weighted by Gasteiger charge is -2.20. The largest absolute Gasteiger partial charge is 0.352 e. The fourth-order valence-corrected chi connectivity index (χ4v) is 3.89. The first-order chi connectivity index (χ1) is 13.1. The molecule has 1 atom stereocenters. The summed E-state index contributed by atoms with van der Waals surface area (Å²) in [5.41, 5.74) is 2.79. The number of carbonyl (C=O) groups excluding carboxylic acids is 1. The third kappa shape index (κ3) is 3.83. The van der Waals surface area contributed by atoms with E-state index in [4.69, 9.17) is 28.2 Å². The van der Waals surface area contributed by atoms with Gasteiger partial charge in [-0.25, -0.2) is 4.98 Å². The Labute approximate surface area is 168 Å². The molecular formula is C21H21Cl2N3O. The molecule has 140 valence electrons. The summed E-state index contributed by atoms with van der Waals surface area (Å²) in [5.74, 6) is 0.893. The summed E-state index contributed by atoms with van der Waals surface area (Å²) < 4.78 is 2.07. The van der Waals surface area contributed by atoms with Crippen molar-refractivity contribution in [1.82, 2.24) is 14.9 Å². The van der Waals surface area contributed by atoms with Crippen molar-refractivity contribution < 1.29 is 4.79 Å². The maximum Gasteiger partial charge on any atom is 0.243 e. The summed E-state index contributed by atoms with van der Waals surface area (Å²) in [7, 11) is 0. The van der Waals surface area contributed by atoms with Crippen LogP contribution in [0, 0.1) is 0 Å². The predicted octanol–water partition coefficient (Wildman–Crippen LogP) is 5.16. The summed E-state index contributed by atoms with van der Waals surface area (Å²) in [6.07, 6.45) is 3.37. The highest BCUT2D eigenvalue weighted by atomic mass is 35.5. The molecule has 27 heavy (non-hydrogen) atoms. The van der Waals surface area contributed by atoms with Gasteiger partial charge in [-0.3, -0.25) is 4.79 Å². The third-order valence-electron chi connectivity index (χ3n) is 4.96. The molecule has 0 aliphatic heterocycles. The molecule has 0 saturated heterocycles. The van der Waals surface area contributed by atoms with Crippen LogP contribution < -0.4 is 5.32 Å². The van der Waals surface area contributed by atoms with E-state index < -0.39 is 0 Å². The van der Waals surface area contributed by atoms with Crippen LogP contribution in [-0.2, 0) is 11.2 Å². The van der Waals surface area contributed by atoms with Crippen LogP contribution in [0.4, 0.5) is 0 Å². The van der Waals surface area contributed by atoms with Crippen LogP contribution in [0.3, 0.4) is 0 Å². The molecule has 4 nitrogen and oxygen atoms in total. The topological polar surface area (TPSA) is 46.9 Å². The average Bonchev–Trinajstić information content (AvgIpc) is 3.39. The molecule has 6 heteroatoms. The highest BCUT2D eigenvalue weighted by Gasteiger charge is 2.29. The molecule has 0 bridgehead atoms. The number of benzene rings is 2. The minimum Gasteiger partial charge on any atom is -0.352 e. The molecule has 0 radical (unpaired) electrons. The molecule has 3 aromatic rings. The Hall–Kier alpha value is -2.04. The standard InChI is InChI=1S/C21H21Cl2N3O/c1-2-18(21(27)24-15-9-10-15)26-19-6-4-3-5-17(19)25-20(26)11-13-7-8-14(22)12-16(13)23/h3-8,12,15,18H,2,9-11H2,1H3,(H,24,27). The number of amides is 1. The molecular weight excluding hydrogens is 381 g/mol. The minimum absolute atomic E-state index is 0.0617. The number of hydrogen-bond acceptors (Lipinski definition) is 2. The highest BCUT2D eigenvalue weighted by Crippen LogP contribution is 2.29. The molecule has 2 aromatic carbocycles. The molecule has 1 saturated carbocycles. The molecule has 1 N–H and O–H groups in total. The van der Waals surface area contributed by atoms with Crippen molar-refractivity contribution in [2.24, 2.45) is 0 Å². The zero-order valence-corrected chi connectivity index (χ0v) is 16.6. The molecule has 4 rings (SSSR count). The van der Waals surface area contributed by atoms with E-state index in [-0.39, 0.29) is 11.9 Å². The van der Waals surface area contributed by atoms with E-state index >= 15 is 0 Å². The van der Waals surface area contributed by atoms with Crippen molar-refractivity contribution in [3.05, 3.63) is 63.9 Å². The van der Waals surface area contributed by atoms with Gasteiger partial charge in [0, 0.05) is 22.5 Å². The smallest absolute Gasteiger partial charge is 0.243 e. The normalized spacial score (nSPS) is 15.1. The summed E-state index contributed by atoms with van der Waals surface area (Å²) in [4.78, 5) is 17.7. The van der Waals surface area contributed by atoms with E-state index in [9.17, 15) is 4.79 Å². The van der Waals surface area contributed by atoms with Crippen molar-refractivity contribution in [3.63, 3.8) is 0 Å². The Kier molecular flexibility index (Phi) is 5.11. The molecule has 1 fully saturated rings. The van der Waals surface area contributed by atoms with Crippen molar-refractivity contribution in [2.45, 2.75) is 44.7 Å². The average molecular weight is 402 g/mol. The molecule has 1 aliphatic carbocycles. The van der Waals surface area contributed by atoms with Gasteiger partial charge in [-0.15, -0.1) is 0 Å². The maximum atomic E-state index is 12.9. The fraction of sp³-hybridized carbons (Fsp3) is 0.333. The zero-order chi connectivity index (χ0) is 19.0. The molecule has 1 aliphatic rings. The summed E-state index contributed by atoms with van der Waals surface area (Å²) in [6.45, 7) is 2.03. The number of hydrogen-bond donors (Lipinski definition) is 1. The number of carbonyl (C=O) groups is 1. The van der Waals surface area contributed by atoms with Crippen molar-refractivity contribution in [2.75, 3.05) is 0 Å². The zero-order valence-electron chi connectivity index (χ0n) is 15.1. The molecule has 0 spiro atoms. The number of nitrogens with zero attached hydrogens (tertiary/aromatic N) is 2. The van der Waals surface area contributed by atoms with Gasteiger partial charge in [0.05, 0.1) is 11.0 Å². The van der Waals surface area contributed by atoms with Crippen molar-refractivity contribution in [1.29, 1.82) is 0 Å². The van der Waals surface area contributed by atoms with E-state index in [1.807, 2.05) is 43.3 Å². The number of fused-ring (bicyclic) bond motifs is 1. The van der Waals surface area contributed by atoms with Gasteiger partial charge < -0.3 is 9.88 Å². The lowest BCUT2D eigenvalue weighted by atomic mass is 10.1. The highest BCUT2D eigenvalue weighted by molar-refractivity contribution is 6.35. The monoisotopic (exact) mass is 401 g/mol. The molecule has 1 aromatic heterocycles. The number of para-hydroxylation sites is 2. The Bertz CT molecular complexity index is 994. The Morgan fingerprint density at radius 2 is 2.04 bits per heavy atom. The van der Waals surface area contributed by atoms with Gasteiger partial charge in [0.25, 0.3) is 0 Å². The van der Waals surface area contributed by atoms with Crippen molar-refractivity contribution in [3.8, 4) is 0 Å². The van der Waals surface area contributed by atoms with Gasteiger partial charge in [-0.1, -0.05) is 48.3 Å². The van der Waals surface area contributed by atoms with Crippen LogP contribution in [0.2, 0.25) is 10.0 Å². The SMILES string of the molecule is CCC(C(=O)NC1CC1)n1c(Cc2ccc(Cl)cc2Cl)nc2ccccc21. The number of halogens is 2. The molecule has 1 unspecified atom stereocenters. The van der Waals surface area contributed by atoms with Gasteiger partial charge in [0.15, 0.2) is 0 Å². The Morgan fingerprint density at radius 1 is 1.26 bits per heavy atom. The van der Waals surface area contributed by atoms with Gasteiger partial charge in [-0.2, -0.15) is 0 Å². The summed E-state index contributed by atoms with van der Waals surface area (Å²) in [5, 5.41) is 4.35. The van der Waals surface area contributed by atoms with Crippen LogP contribution >= 0.6 is 23.2 Å². The van der Waals surface area contributed by atoms with Crippen molar-refractivity contribution >= 4 is 40.1 Å². The van der Waals surface area contributed by atoms with Gasteiger partial charge in [0.2, 0.25) is 5.91 Å². The lowest BCUT2D eigenvalue weighted by Crippen LogP contribution is -2.34. The van der Waals surface area contributed by atoms with Crippen LogP contribution in [0.5, 0.6) is 0 Å². The first kappa shape index (κ1) is 18.3. The predicted molar refractivity (Wildman–Crippen MR) is 109 cm³/mol. The maximum absolute atomic E-state index is 12.9. The minimum atomic E-state index is -0.293. The van der Waals surface area contributed by atoms with Gasteiger partial charge in [0.1, 0.15) is 11.9 Å². The number of aromatic nitrogens is 2. The van der Waals surface area contributed by atoms with Crippen LogP contribution in [-0.4, -0.2) is 21.5 Å². The number of nitrogens with one attached hydrogen (secondary N) is 1. The van der Waals surface area contributed by atoms with Gasteiger partial charge in [-0.05, 0) is 49.1 Å². The van der Waals surface area contributed by atoms with E-state index in [1.54, 1.807) is 6.07 Å². The Balaban J connectivity index is 1.77. The van der Waals surface area contributed by atoms with Crippen LogP contribution in [0.15, 0.2) is 42.5 Å². The first-order valence-corrected chi connectivity index (χ1v) is 10.0. The fourth-order valence-electron chi connectivity index (χ4n) is 3.41. The second-order valence-electron chi connectivity index (χ2n) is 7.01. The third-order valence-corrected chi connectivity index (χ3v) is 5.54.